The molecule has 1 aromatic rings. The summed E-state index contributed by atoms with van der Waals surface area (Å²) in [5.41, 5.74) is -0.933. The van der Waals surface area contributed by atoms with Gasteiger partial charge in [0, 0.05) is 0 Å². The second kappa shape index (κ2) is 5.21. The largest absolute Gasteiger partial charge is 0.493 e. The Hall–Kier alpha value is -1.52. The number of hydrogen-bond acceptors (Lipinski definition) is 2. The van der Waals surface area contributed by atoms with Crippen LogP contribution in [0.5, 0.6) is 5.75 Å². The molecule has 0 saturated heterocycles. The van der Waals surface area contributed by atoms with E-state index in [9.17, 15) is 18.0 Å². The Labute approximate surface area is 97.4 Å². The molecule has 0 amide bonds. The fourth-order valence-corrected chi connectivity index (χ4v) is 1.20. The van der Waals surface area contributed by atoms with Crippen LogP contribution in [-0.2, 0) is 6.18 Å². The predicted molar refractivity (Wildman–Crippen MR) is 57.2 cm³/mol. The molecule has 94 valence electrons. The molecule has 0 aliphatic heterocycles. The van der Waals surface area contributed by atoms with E-state index in [0.29, 0.717) is 12.9 Å². The molecule has 0 bridgehead atoms. The molecule has 0 heterocycles. The molecular formula is C12H13F3O2. The minimum Gasteiger partial charge on any atom is -0.493 e. The fourth-order valence-electron chi connectivity index (χ4n) is 1.20. The van der Waals surface area contributed by atoms with Crippen LogP contribution in [0, 0.1) is 5.92 Å². The van der Waals surface area contributed by atoms with E-state index in [0.717, 1.165) is 12.1 Å². The smallest absolute Gasteiger partial charge is 0.416 e. The van der Waals surface area contributed by atoms with E-state index in [2.05, 4.69) is 0 Å². The number of hydrogen-bond donors (Lipinski definition) is 0. The molecule has 0 unspecified atom stereocenters. The molecule has 1 aromatic carbocycles. The van der Waals surface area contributed by atoms with Crippen molar-refractivity contribution in [1.29, 1.82) is 0 Å². The standard InChI is InChI=1S/C12H13F3O2/c1-8(2)7-17-11-4-3-10(12(13,14)15)5-9(11)6-16/h3-6,8H,7H2,1-2H3. The van der Waals surface area contributed by atoms with Gasteiger partial charge in [-0.3, -0.25) is 4.79 Å². The van der Waals surface area contributed by atoms with Crippen molar-refractivity contribution >= 4 is 6.29 Å². The SMILES string of the molecule is CC(C)COc1ccc(C(F)(F)F)cc1C=O. The van der Waals surface area contributed by atoms with Gasteiger partial charge >= 0.3 is 6.18 Å². The van der Waals surface area contributed by atoms with Gasteiger partial charge < -0.3 is 4.74 Å². The van der Waals surface area contributed by atoms with Crippen molar-refractivity contribution < 1.29 is 22.7 Å². The summed E-state index contributed by atoms with van der Waals surface area (Å²) in [6, 6.07) is 2.88. The van der Waals surface area contributed by atoms with Gasteiger partial charge in [-0.2, -0.15) is 13.2 Å². The first kappa shape index (κ1) is 13.5. The maximum absolute atomic E-state index is 12.4. The summed E-state index contributed by atoms with van der Waals surface area (Å²) in [6.45, 7) is 4.17. The molecule has 0 radical (unpaired) electrons. The highest BCUT2D eigenvalue weighted by atomic mass is 19.4. The van der Waals surface area contributed by atoms with Crippen molar-refractivity contribution in [3.8, 4) is 5.75 Å². The molecule has 5 heteroatoms. The van der Waals surface area contributed by atoms with Crippen LogP contribution in [0.1, 0.15) is 29.8 Å². The minimum absolute atomic E-state index is 0.0829. The molecule has 0 saturated carbocycles. The van der Waals surface area contributed by atoms with Gasteiger partial charge in [0.15, 0.2) is 6.29 Å². The van der Waals surface area contributed by atoms with E-state index in [1.807, 2.05) is 13.8 Å². The van der Waals surface area contributed by atoms with Gasteiger partial charge in [0.05, 0.1) is 17.7 Å². The summed E-state index contributed by atoms with van der Waals surface area (Å²) in [7, 11) is 0. The normalized spacial score (nSPS) is 11.6. The Balaban J connectivity index is 2.98. The van der Waals surface area contributed by atoms with E-state index >= 15 is 0 Å². The zero-order chi connectivity index (χ0) is 13.1. The summed E-state index contributed by atoms with van der Waals surface area (Å²) in [5.74, 6) is 0.415. The Morgan fingerprint density at radius 3 is 2.47 bits per heavy atom. The molecule has 0 spiro atoms. The topological polar surface area (TPSA) is 26.3 Å². The molecule has 0 fully saturated rings. The highest BCUT2D eigenvalue weighted by Crippen LogP contribution is 2.32. The zero-order valence-corrected chi connectivity index (χ0v) is 9.54. The lowest BCUT2D eigenvalue weighted by Gasteiger charge is -2.12. The molecule has 2 nitrogen and oxygen atoms in total. The quantitative estimate of drug-likeness (QED) is 0.759. The van der Waals surface area contributed by atoms with E-state index in [-0.39, 0.29) is 17.2 Å². The summed E-state index contributed by atoms with van der Waals surface area (Å²) in [5, 5.41) is 0. The fraction of sp³-hybridized carbons (Fsp3) is 0.417. The first-order valence-electron chi connectivity index (χ1n) is 5.14. The van der Waals surface area contributed by atoms with Crippen LogP contribution in [0.3, 0.4) is 0 Å². The van der Waals surface area contributed by atoms with Crippen LogP contribution in [-0.4, -0.2) is 12.9 Å². The lowest BCUT2D eigenvalue weighted by atomic mass is 10.1. The molecule has 1 rings (SSSR count). The average Bonchev–Trinajstić information content (AvgIpc) is 2.24. The van der Waals surface area contributed by atoms with Crippen LogP contribution in [0.15, 0.2) is 18.2 Å². The molecule has 17 heavy (non-hydrogen) atoms. The second-order valence-corrected chi connectivity index (χ2v) is 4.07. The lowest BCUT2D eigenvalue weighted by Crippen LogP contribution is -2.09. The Bertz CT molecular complexity index is 397. The maximum atomic E-state index is 12.4. The monoisotopic (exact) mass is 246 g/mol. The van der Waals surface area contributed by atoms with E-state index in [1.54, 1.807) is 0 Å². The van der Waals surface area contributed by atoms with Gasteiger partial charge in [-0.1, -0.05) is 13.8 Å². The highest BCUT2D eigenvalue weighted by molar-refractivity contribution is 5.79. The number of benzene rings is 1. The van der Waals surface area contributed by atoms with Crippen molar-refractivity contribution in [1.82, 2.24) is 0 Å². The number of carbonyl (C=O) groups excluding carboxylic acids is 1. The van der Waals surface area contributed by atoms with Crippen molar-refractivity contribution in [2.45, 2.75) is 20.0 Å². The van der Waals surface area contributed by atoms with Crippen molar-refractivity contribution in [3.63, 3.8) is 0 Å². The van der Waals surface area contributed by atoms with Crippen molar-refractivity contribution in [2.75, 3.05) is 6.61 Å². The van der Waals surface area contributed by atoms with Gasteiger partial charge in [-0.05, 0) is 24.1 Å². The summed E-state index contributed by atoms with van der Waals surface area (Å²) in [6.07, 6.45) is -4.08. The van der Waals surface area contributed by atoms with E-state index in [1.165, 1.54) is 6.07 Å². The Morgan fingerprint density at radius 2 is 2.00 bits per heavy atom. The van der Waals surface area contributed by atoms with Crippen LogP contribution >= 0.6 is 0 Å². The lowest BCUT2D eigenvalue weighted by molar-refractivity contribution is -0.137. The van der Waals surface area contributed by atoms with Crippen LogP contribution in [0.4, 0.5) is 13.2 Å². The number of halogens is 3. The van der Waals surface area contributed by atoms with Crippen LogP contribution in [0.25, 0.3) is 0 Å². The van der Waals surface area contributed by atoms with Crippen molar-refractivity contribution in [3.05, 3.63) is 29.3 Å². The third-order valence-electron chi connectivity index (χ3n) is 2.04. The molecular weight excluding hydrogens is 233 g/mol. The second-order valence-electron chi connectivity index (χ2n) is 4.07. The molecule has 0 aliphatic rings. The van der Waals surface area contributed by atoms with E-state index < -0.39 is 11.7 Å². The Morgan fingerprint density at radius 1 is 1.35 bits per heavy atom. The first-order chi connectivity index (χ1) is 7.84. The van der Waals surface area contributed by atoms with Crippen molar-refractivity contribution in [2.24, 2.45) is 5.92 Å². The first-order valence-corrected chi connectivity index (χ1v) is 5.14. The van der Waals surface area contributed by atoms with Gasteiger partial charge in [0.25, 0.3) is 0 Å². The third-order valence-corrected chi connectivity index (χ3v) is 2.04. The number of carbonyl (C=O) groups is 1. The van der Waals surface area contributed by atoms with Crippen LogP contribution < -0.4 is 4.74 Å². The number of rotatable bonds is 4. The molecule has 0 N–H and O–H groups in total. The highest BCUT2D eigenvalue weighted by Gasteiger charge is 2.31. The zero-order valence-electron chi connectivity index (χ0n) is 9.54. The minimum atomic E-state index is -4.45. The average molecular weight is 246 g/mol. The van der Waals surface area contributed by atoms with Crippen LogP contribution in [0.2, 0.25) is 0 Å². The summed E-state index contributed by atoms with van der Waals surface area (Å²) >= 11 is 0. The molecule has 0 aromatic heterocycles. The summed E-state index contributed by atoms with van der Waals surface area (Å²) in [4.78, 5) is 10.7. The van der Waals surface area contributed by atoms with Gasteiger partial charge in [-0.15, -0.1) is 0 Å². The predicted octanol–water partition coefficient (Wildman–Crippen LogP) is 3.55. The molecule has 0 atom stereocenters. The number of alkyl halides is 3. The Kier molecular flexibility index (Phi) is 4.15. The molecule has 0 aliphatic carbocycles. The van der Waals surface area contributed by atoms with Gasteiger partial charge in [0.2, 0.25) is 0 Å². The number of ether oxygens (including phenoxy) is 1. The summed E-state index contributed by atoms with van der Waals surface area (Å²) < 4.78 is 42.4. The van der Waals surface area contributed by atoms with Gasteiger partial charge in [0.1, 0.15) is 5.75 Å². The van der Waals surface area contributed by atoms with Gasteiger partial charge in [-0.25, -0.2) is 0 Å². The van der Waals surface area contributed by atoms with E-state index in [4.69, 9.17) is 4.74 Å². The maximum Gasteiger partial charge on any atom is 0.416 e. The third kappa shape index (κ3) is 3.76. The number of aldehydes is 1.